The second-order valence-electron chi connectivity index (χ2n) is 7.84. The lowest BCUT2D eigenvalue weighted by Crippen LogP contribution is -2.23. The molecular weight excluding hydrogens is 398 g/mol. The molecule has 0 aliphatic heterocycles. The van der Waals surface area contributed by atoms with E-state index in [1.54, 1.807) is 28.4 Å². The molecule has 0 fully saturated rings. The first kappa shape index (κ1) is 25.0. The van der Waals surface area contributed by atoms with Gasteiger partial charge in [0.1, 0.15) is 0 Å². The van der Waals surface area contributed by atoms with Crippen LogP contribution in [0.3, 0.4) is 0 Å². The van der Waals surface area contributed by atoms with E-state index in [0.29, 0.717) is 30.6 Å². The number of methoxy groups -OCH3 is 4. The Kier molecular flexibility index (Phi) is 10.6. The lowest BCUT2D eigenvalue weighted by molar-refractivity contribution is 0.144. The molecule has 0 radical (unpaired) electrons. The summed E-state index contributed by atoms with van der Waals surface area (Å²) in [5.41, 5.74) is 2.41. The van der Waals surface area contributed by atoms with Crippen molar-refractivity contribution >= 4 is 6.09 Å². The zero-order valence-electron chi connectivity index (χ0n) is 19.8. The van der Waals surface area contributed by atoms with Crippen LogP contribution in [0.4, 0.5) is 4.79 Å². The van der Waals surface area contributed by atoms with Crippen LogP contribution in [0.25, 0.3) is 0 Å². The maximum atomic E-state index is 11.2. The van der Waals surface area contributed by atoms with Gasteiger partial charge in [0.25, 0.3) is 0 Å². The Morgan fingerprint density at radius 2 is 1.42 bits per heavy atom. The smallest absolute Gasteiger partial charge is 0.407 e. The zero-order valence-corrected chi connectivity index (χ0v) is 19.8. The lowest BCUT2D eigenvalue weighted by atomic mass is 9.93. The van der Waals surface area contributed by atoms with E-state index in [9.17, 15) is 4.79 Å². The number of unbranched alkanes of at least 4 members (excludes halogenated alkanes) is 5. The van der Waals surface area contributed by atoms with E-state index in [1.807, 2.05) is 6.92 Å². The number of fused-ring (bicyclic) bond motifs is 1. The molecule has 1 atom stereocenters. The molecule has 1 amide bonds. The Morgan fingerprint density at radius 3 is 2.03 bits per heavy atom. The molecule has 1 aromatic rings. The number of carbonyl (C=O) groups is 1. The van der Waals surface area contributed by atoms with Gasteiger partial charge in [0, 0.05) is 17.7 Å². The maximum Gasteiger partial charge on any atom is 0.407 e. The highest BCUT2D eigenvalue weighted by atomic mass is 16.6. The van der Waals surface area contributed by atoms with E-state index >= 15 is 0 Å². The summed E-state index contributed by atoms with van der Waals surface area (Å²) in [5.74, 6) is 3.22. The largest absolute Gasteiger partial charge is 0.492 e. The average Bonchev–Trinajstić information content (AvgIpc) is 3.19. The Labute approximate surface area is 186 Å². The van der Waals surface area contributed by atoms with Crippen LogP contribution in [-0.4, -0.2) is 47.7 Å². The summed E-state index contributed by atoms with van der Waals surface area (Å²) in [4.78, 5) is 11.2. The highest BCUT2D eigenvalue weighted by molar-refractivity contribution is 5.69. The second kappa shape index (κ2) is 13.2. The molecule has 0 heterocycles. The molecule has 0 spiro atoms. The number of amides is 1. The second-order valence-corrected chi connectivity index (χ2v) is 7.84. The van der Waals surface area contributed by atoms with Crippen molar-refractivity contribution in [1.82, 2.24) is 5.32 Å². The van der Waals surface area contributed by atoms with E-state index in [0.717, 1.165) is 43.6 Å². The predicted molar refractivity (Wildman–Crippen MR) is 121 cm³/mol. The quantitative estimate of drug-likeness (QED) is 0.402. The highest BCUT2D eigenvalue weighted by Gasteiger charge is 2.35. The van der Waals surface area contributed by atoms with Crippen molar-refractivity contribution in [3.05, 3.63) is 11.1 Å². The fourth-order valence-corrected chi connectivity index (χ4v) is 4.51. The molecule has 1 aliphatic rings. The number of carbonyl (C=O) groups excluding carboxylic acids is 1. The fraction of sp³-hybridized carbons (Fsp3) is 0.708. The van der Waals surface area contributed by atoms with Gasteiger partial charge in [-0.3, -0.25) is 0 Å². The summed E-state index contributed by atoms with van der Waals surface area (Å²) < 4.78 is 27.8. The van der Waals surface area contributed by atoms with Gasteiger partial charge in [-0.25, -0.2) is 4.79 Å². The van der Waals surface area contributed by atoms with E-state index in [-0.39, 0.29) is 6.09 Å². The van der Waals surface area contributed by atoms with Crippen molar-refractivity contribution in [1.29, 1.82) is 0 Å². The number of hydrogen-bond donors (Lipinski definition) is 1. The van der Waals surface area contributed by atoms with Crippen molar-refractivity contribution in [2.24, 2.45) is 0 Å². The minimum Gasteiger partial charge on any atom is -0.492 e. The van der Waals surface area contributed by atoms with Crippen molar-refractivity contribution in [3.8, 4) is 23.0 Å². The topological polar surface area (TPSA) is 75.3 Å². The Balaban J connectivity index is 1.83. The van der Waals surface area contributed by atoms with Crippen molar-refractivity contribution < 1.29 is 28.5 Å². The van der Waals surface area contributed by atoms with E-state index in [4.69, 9.17) is 23.7 Å². The Bertz CT molecular complexity index is 706. The average molecular weight is 438 g/mol. The molecule has 31 heavy (non-hydrogen) atoms. The summed E-state index contributed by atoms with van der Waals surface area (Å²) in [6.45, 7) is 2.98. The van der Waals surface area contributed by atoms with Gasteiger partial charge in [-0.05, 0) is 38.5 Å². The number of rotatable bonds is 14. The minimum absolute atomic E-state index is 0.319. The first-order valence-electron chi connectivity index (χ1n) is 11.4. The molecule has 0 saturated carbocycles. The molecule has 1 aromatic carbocycles. The van der Waals surface area contributed by atoms with E-state index in [2.05, 4.69) is 5.32 Å². The molecule has 2 rings (SSSR count). The van der Waals surface area contributed by atoms with Crippen LogP contribution in [0.1, 0.15) is 75.3 Å². The standard InChI is InChI=1S/C24H39NO6/c1-6-25-24(26)31-16-12-10-8-7-9-11-13-17-14-15-18-19(17)21(28-3)23(30-5)22(29-4)20(18)27-2/h17H,6-16H2,1-5H3,(H,25,26). The molecule has 1 unspecified atom stereocenters. The number of ether oxygens (including phenoxy) is 5. The van der Waals surface area contributed by atoms with Gasteiger partial charge in [0.2, 0.25) is 11.5 Å². The molecule has 7 heteroatoms. The molecule has 0 aromatic heterocycles. The zero-order chi connectivity index (χ0) is 22.6. The van der Waals surface area contributed by atoms with Crippen molar-refractivity contribution in [3.63, 3.8) is 0 Å². The van der Waals surface area contributed by atoms with Crippen molar-refractivity contribution in [2.75, 3.05) is 41.6 Å². The summed E-state index contributed by atoms with van der Waals surface area (Å²) in [5, 5.41) is 2.63. The molecular formula is C24H39NO6. The van der Waals surface area contributed by atoms with E-state index < -0.39 is 0 Å². The monoisotopic (exact) mass is 437 g/mol. The van der Waals surface area contributed by atoms with Gasteiger partial charge >= 0.3 is 6.09 Å². The van der Waals surface area contributed by atoms with Crippen LogP contribution < -0.4 is 24.3 Å². The Hall–Kier alpha value is -2.31. The molecule has 7 nitrogen and oxygen atoms in total. The molecule has 0 bridgehead atoms. The summed E-state index contributed by atoms with van der Waals surface area (Å²) in [6.07, 6.45) is 9.63. The Morgan fingerprint density at radius 1 is 0.839 bits per heavy atom. The van der Waals surface area contributed by atoms with Gasteiger partial charge in [-0.1, -0.05) is 32.1 Å². The predicted octanol–water partition coefficient (Wildman–Crippen LogP) is 5.23. The van der Waals surface area contributed by atoms with Crippen LogP contribution in [0.5, 0.6) is 23.0 Å². The highest BCUT2D eigenvalue weighted by Crippen LogP contribution is 2.56. The SMILES string of the molecule is CCNC(=O)OCCCCCCCCC1CCc2c(OC)c(OC)c(OC)c(OC)c21. The summed E-state index contributed by atoms with van der Waals surface area (Å²) in [7, 11) is 6.63. The molecule has 0 saturated heterocycles. The number of hydrogen-bond acceptors (Lipinski definition) is 6. The van der Waals surface area contributed by atoms with Crippen LogP contribution in [0.15, 0.2) is 0 Å². The third-order valence-corrected chi connectivity index (χ3v) is 5.93. The van der Waals surface area contributed by atoms with Gasteiger partial charge in [0.15, 0.2) is 11.5 Å². The lowest BCUT2D eigenvalue weighted by Gasteiger charge is -2.22. The first-order chi connectivity index (χ1) is 15.1. The van der Waals surface area contributed by atoms with Gasteiger partial charge < -0.3 is 29.0 Å². The van der Waals surface area contributed by atoms with Crippen molar-refractivity contribution in [2.45, 2.75) is 70.6 Å². The number of nitrogens with one attached hydrogen (secondary N) is 1. The third-order valence-electron chi connectivity index (χ3n) is 5.93. The number of benzene rings is 1. The van der Waals surface area contributed by atoms with Crippen LogP contribution in [0, 0.1) is 0 Å². The summed E-state index contributed by atoms with van der Waals surface area (Å²) in [6, 6.07) is 0. The van der Waals surface area contributed by atoms with E-state index in [1.165, 1.54) is 36.8 Å². The molecule has 1 aliphatic carbocycles. The van der Waals surface area contributed by atoms with Gasteiger partial charge in [-0.2, -0.15) is 0 Å². The number of alkyl carbamates (subject to hydrolysis) is 1. The minimum atomic E-state index is -0.319. The third kappa shape index (κ3) is 6.34. The fourth-order valence-electron chi connectivity index (χ4n) is 4.51. The van der Waals surface area contributed by atoms with Crippen LogP contribution in [0.2, 0.25) is 0 Å². The van der Waals surface area contributed by atoms with Gasteiger partial charge in [-0.15, -0.1) is 0 Å². The maximum absolute atomic E-state index is 11.2. The molecule has 176 valence electrons. The summed E-state index contributed by atoms with van der Waals surface area (Å²) >= 11 is 0. The normalized spacial score (nSPS) is 14.7. The van der Waals surface area contributed by atoms with Crippen LogP contribution in [-0.2, 0) is 11.2 Å². The molecule has 1 N–H and O–H groups in total. The van der Waals surface area contributed by atoms with Crippen LogP contribution >= 0.6 is 0 Å². The van der Waals surface area contributed by atoms with Gasteiger partial charge in [0.05, 0.1) is 35.0 Å². The first-order valence-corrected chi connectivity index (χ1v) is 11.4.